The highest BCUT2D eigenvalue weighted by molar-refractivity contribution is 7.86. The highest BCUT2D eigenvalue weighted by atomic mass is 32.2. The molecule has 5 nitrogen and oxygen atoms in total. The van der Waals surface area contributed by atoms with Gasteiger partial charge in [0.1, 0.15) is 0 Å². The lowest BCUT2D eigenvalue weighted by Crippen LogP contribution is -2.47. The third-order valence-electron chi connectivity index (χ3n) is 5.45. The van der Waals surface area contributed by atoms with Crippen molar-refractivity contribution in [3.05, 3.63) is 0 Å². The summed E-state index contributed by atoms with van der Waals surface area (Å²) in [6.45, 7) is -1.69. The maximum absolute atomic E-state index is 13.0. The zero-order chi connectivity index (χ0) is 16.2. The zero-order valence-electron chi connectivity index (χ0n) is 12.1. The molecule has 0 radical (unpaired) electrons. The Balaban J connectivity index is 1.59. The maximum Gasteiger partial charge on any atom is 0.367 e. The summed E-state index contributed by atoms with van der Waals surface area (Å²) in [5.74, 6) is 1.01. The predicted octanol–water partition coefficient (Wildman–Crippen LogP) is 2.27. The lowest BCUT2D eigenvalue weighted by atomic mass is 9.49. The van der Waals surface area contributed by atoms with Crippen LogP contribution in [0.25, 0.3) is 0 Å². The highest BCUT2D eigenvalue weighted by Gasteiger charge is 2.52. The first-order valence-electron chi connectivity index (χ1n) is 7.57. The molecule has 0 aromatic heterocycles. The molecule has 126 valence electrons. The molecule has 8 heteroatoms. The molecule has 0 amide bonds. The summed E-state index contributed by atoms with van der Waals surface area (Å²) in [6.07, 6.45) is 6.40. The monoisotopic (exact) mass is 337 g/mol. The molecular formula is C14H19F2O5S-. The van der Waals surface area contributed by atoms with E-state index in [0.29, 0.717) is 17.8 Å². The van der Waals surface area contributed by atoms with Crippen molar-refractivity contribution in [2.24, 2.45) is 23.2 Å². The first kappa shape index (κ1) is 16.1. The Kier molecular flexibility index (Phi) is 3.75. The van der Waals surface area contributed by atoms with Crippen LogP contribution in [-0.4, -0.2) is 30.8 Å². The minimum absolute atomic E-state index is 0.0471. The summed E-state index contributed by atoms with van der Waals surface area (Å²) in [5.41, 5.74) is -0.169. The van der Waals surface area contributed by atoms with Gasteiger partial charge in [0.25, 0.3) is 0 Å². The number of alkyl halides is 2. The quantitative estimate of drug-likeness (QED) is 0.568. The van der Waals surface area contributed by atoms with Crippen LogP contribution in [0.4, 0.5) is 8.78 Å². The minimum Gasteiger partial charge on any atom is -0.743 e. The second kappa shape index (κ2) is 5.12. The van der Waals surface area contributed by atoms with Gasteiger partial charge in [0, 0.05) is 0 Å². The van der Waals surface area contributed by atoms with E-state index < -0.39 is 27.9 Å². The van der Waals surface area contributed by atoms with Crippen molar-refractivity contribution >= 4 is 16.1 Å². The SMILES string of the molecule is O=C(CC12CC3CC(CC(C3)C1)C2)OCC(F)(F)S(=O)(=O)[O-]. The average molecular weight is 337 g/mol. The number of rotatable bonds is 5. The van der Waals surface area contributed by atoms with Gasteiger partial charge in [-0.1, -0.05) is 0 Å². The Bertz CT molecular complexity index is 536. The average Bonchev–Trinajstić information content (AvgIpc) is 2.32. The molecule has 4 fully saturated rings. The van der Waals surface area contributed by atoms with Crippen LogP contribution in [-0.2, 0) is 19.6 Å². The van der Waals surface area contributed by atoms with E-state index in [0.717, 1.165) is 19.3 Å². The van der Waals surface area contributed by atoms with Gasteiger partial charge in [0.15, 0.2) is 16.7 Å². The standard InChI is InChI=1S/C14H20F2O5S/c15-14(16,22(18,19)20)8-21-12(17)7-13-4-9-1-10(5-13)3-11(2-9)6-13/h9-11H,1-8H2,(H,18,19,20)/p-1. The molecule has 22 heavy (non-hydrogen) atoms. The number of carbonyl (C=O) groups is 1. The second-order valence-corrected chi connectivity index (χ2v) is 8.85. The molecule has 0 aromatic rings. The van der Waals surface area contributed by atoms with Crippen molar-refractivity contribution in [1.29, 1.82) is 0 Å². The summed E-state index contributed by atoms with van der Waals surface area (Å²) in [5, 5.41) is -4.57. The summed E-state index contributed by atoms with van der Waals surface area (Å²) < 4.78 is 61.6. The van der Waals surface area contributed by atoms with Gasteiger partial charge < -0.3 is 9.29 Å². The van der Waals surface area contributed by atoms with E-state index in [1.165, 1.54) is 19.3 Å². The van der Waals surface area contributed by atoms with E-state index in [9.17, 15) is 26.5 Å². The fourth-order valence-electron chi connectivity index (χ4n) is 5.10. The van der Waals surface area contributed by atoms with E-state index in [4.69, 9.17) is 0 Å². The van der Waals surface area contributed by atoms with Gasteiger partial charge in [-0.3, -0.25) is 4.79 Å². The number of hydrogen-bond acceptors (Lipinski definition) is 5. The van der Waals surface area contributed by atoms with Crippen LogP contribution in [0.5, 0.6) is 0 Å². The number of halogens is 2. The Morgan fingerprint density at radius 1 is 1.14 bits per heavy atom. The molecule has 4 saturated carbocycles. The third-order valence-corrected chi connectivity index (χ3v) is 6.30. The molecule has 0 unspecified atom stereocenters. The van der Waals surface area contributed by atoms with Crippen LogP contribution in [0.1, 0.15) is 44.9 Å². The minimum atomic E-state index is -5.81. The number of carbonyl (C=O) groups excluding carboxylic acids is 1. The van der Waals surface area contributed by atoms with Gasteiger partial charge in [0.2, 0.25) is 0 Å². The fraction of sp³-hybridized carbons (Fsp3) is 0.929. The number of hydrogen-bond donors (Lipinski definition) is 0. The molecule has 4 bridgehead atoms. The van der Waals surface area contributed by atoms with Crippen LogP contribution in [0.2, 0.25) is 0 Å². The molecule has 4 rings (SSSR count). The molecule has 4 aliphatic rings. The normalized spacial score (nSPS) is 37.3. The Morgan fingerprint density at radius 3 is 2.00 bits per heavy atom. The Labute approximate surface area is 128 Å². The zero-order valence-corrected chi connectivity index (χ0v) is 12.9. The van der Waals surface area contributed by atoms with Crippen molar-refractivity contribution in [2.45, 2.75) is 50.2 Å². The molecule has 0 aliphatic heterocycles. The number of esters is 1. The van der Waals surface area contributed by atoms with Crippen LogP contribution >= 0.6 is 0 Å². The second-order valence-electron chi connectivity index (χ2n) is 7.35. The molecule has 0 N–H and O–H groups in total. The molecular weight excluding hydrogens is 318 g/mol. The van der Waals surface area contributed by atoms with Gasteiger partial charge >= 0.3 is 11.2 Å². The van der Waals surface area contributed by atoms with E-state index in [2.05, 4.69) is 4.74 Å². The van der Waals surface area contributed by atoms with Crippen LogP contribution in [0.15, 0.2) is 0 Å². The van der Waals surface area contributed by atoms with Crippen molar-refractivity contribution < 1.29 is 31.3 Å². The van der Waals surface area contributed by atoms with Crippen molar-refractivity contribution in [3.63, 3.8) is 0 Å². The summed E-state index contributed by atoms with van der Waals surface area (Å²) >= 11 is 0. The van der Waals surface area contributed by atoms with E-state index in [-0.39, 0.29) is 11.8 Å². The first-order chi connectivity index (χ1) is 10.1. The van der Waals surface area contributed by atoms with Gasteiger partial charge in [-0.2, -0.15) is 8.78 Å². The van der Waals surface area contributed by atoms with Crippen LogP contribution in [0.3, 0.4) is 0 Å². The van der Waals surface area contributed by atoms with Gasteiger partial charge in [0.05, 0.1) is 6.42 Å². The fourth-order valence-corrected chi connectivity index (χ4v) is 5.30. The van der Waals surface area contributed by atoms with Crippen LogP contribution in [0, 0.1) is 23.2 Å². The van der Waals surface area contributed by atoms with Gasteiger partial charge in [-0.05, 0) is 61.7 Å². The van der Waals surface area contributed by atoms with Crippen molar-refractivity contribution in [3.8, 4) is 0 Å². The van der Waals surface area contributed by atoms with E-state index >= 15 is 0 Å². The largest absolute Gasteiger partial charge is 0.743 e. The summed E-state index contributed by atoms with van der Waals surface area (Å²) in [6, 6.07) is 0. The predicted molar refractivity (Wildman–Crippen MR) is 70.8 cm³/mol. The van der Waals surface area contributed by atoms with Crippen LogP contribution < -0.4 is 0 Å². The smallest absolute Gasteiger partial charge is 0.367 e. The third kappa shape index (κ3) is 2.99. The molecule has 0 aromatic carbocycles. The maximum atomic E-state index is 13.0. The van der Waals surface area contributed by atoms with Gasteiger partial charge in [-0.15, -0.1) is 0 Å². The molecule has 4 aliphatic carbocycles. The van der Waals surface area contributed by atoms with Gasteiger partial charge in [-0.25, -0.2) is 8.42 Å². The molecule has 0 atom stereocenters. The summed E-state index contributed by atoms with van der Waals surface area (Å²) in [4.78, 5) is 11.8. The van der Waals surface area contributed by atoms with E-state index in [1.807, 2.05) is 0 Å². The van der Waals surface area contributed by atoms with Crippen molar-refractivity contribution in [2.75, 3.05) is 6.61 Å². The Hall–Kier alpha value is -0.760. The lowest BCUT2D eigenvalue weighted by Gasteiger charge is -2.56. The Morgan fingerprint density at radius 2 is 1.59 bits per heavy atom. The van der Waals surface area contributed by atoms with Crippen molar-refractivity contribution in [1.82, 2.24) is 0 Å². The highest BCUT2D eigenvalue weighted by Crippen LogP contribution is 2.61. The van der Waals surface area contributed by atoms with E-state index in [1.54, 1.807) is 0 Å². The summed E-state index contributed by atoms with van der Waals surface area (Å²) in [7, 11) is -5.81. The lowest BCUT2D eigenvalue weighted by molar-refractivity contribution is -0.157. The molecule has 0 spiro atoms. The first-order valence-corrected chi connectivity index (χ1v) is 8.98. The topological polar surface area (TPSA) is 83.5 Å². The number of ether oxygens (including phenoxy) is 1. The molecule has 0 heterocycles. The molecule has 0 saturated heterocycles.